The first-order chi connectivity index (χ1) is 14.0. The normalized spacial score (nSPS) is 10.9. The van der Waals surface area contributed by atoms with E-state index in [0.717, 1.165) is 5.56 Å². The number of nitrogens with one attached hydrogen (secondary N) is 2. The van der Waals surface area contributed by atoms with Gasteiger partial charge in [0.25, 0.3) is 5.91 Å². The van der Waals surface area contributed by atoms with Gasteiger partial charge >= 0.3 is 0 Å². The summed E-state index contributed by atoms with van der Waals surface area (Å²) in [7, 11) is 1.56. The van der Waals surface area contributed by atoms with Gasteiger partial charge < -0.3 is 10.1 Å². The molecule has 4 rings (SSSR count). The lowest BCUT2D eigenvalue weighted by Gasteiger charge is -2.08. The average molecular weight is 393 g/mol. The van der Waals surface area contributed by atoms with E-state index >= 15 is 0 Å². The van der Waals surface area contributed by atoms with E-state index in [4.69, 9.17) is 4.74 Å². The zero-order chi connectivity index (χ0) is 20.4. The van der Waals surface area contributed by atoms with E-state index in [2.05, 4.69) is 15.5 Å². The number of methoxy groups -OCH3 is 1. The molecule has 0 saturated carbocycles. The van der Waals surface area contributed by atoms with Crippen LogP contribution in [0.15, 0.2) is 60.7 Å². The second-order valence-electron chi connectivity index (χ2n) is 6.49. The molecule has 0 fully saturated rings. The molecular weight excluding hydrogens is 376 g/mol. The van der Waals surface area contributed by atoms with Crippen molar-refractivity contribution in [1.82, 2.24) is 15.5 Å². The lowest BCUT2D eigenvalue weighted by molar-refractivity contribution is 0.0947. The molecule has 0 unspecified atom stereocenters. The van der Waals surface area contributed by atoms with Crippen LogP contribution in [-0.4, -0.2) is 23.2 Å². The number of aromatic nitrogens is 2. The summed E-state index contributed by atoms with van der Waals surface area (Å²) in [5.74, 6) is -0.965. The van der Waals surface area contributed by atoms with Gasteiger partial charge in [0.1, 0.15) is 23.1 Å². The van der Waals surface area contributed by atoms with Crippen LogP contribution in [0.5, 0.6) is 5.75 Å². The van der Waals surface area contributed by atoms with Crippen LogP contribution in [0.4, 0.5) is 8.78 Å². The molecule has 0 bridgehead atoms. The Bertz CT molecular complexity index is 1200. The predicted octanol–water partition coefficient (Wildman–Crippen LogP) is 4.45. The summed E-state index contributed by atoms with van der Waals surface area (Å²) < 4.78 is 33.2. The maximum atomic E-state index is 14.5. The first-order valence-corrected chi connectivity index (χ1v) is 8.90. The lowest BCUT2D eigenvalue weighted by Crippen LogP contribution is -2.23. The topological polar surface area (TPSA) is 67.0 Å². The fraction of sp³-hybridized carbons (Fsp3) is 0.0909. The van der Waals surface area contributed by atoms with Gasteiger partial charge in [-0.05, 0) is 35.9 Å². The highest BCUT2D eigenvalue weighted by Crippen LogP contribution is 2.28. The fourth-order valence-electron chi connectivity index (χ4n) is 3.13. The number of rotatable bonds is 5. The molecular formula is C22H17F2N3O2. The molecule has 1 heterocycles. The maximum absolute atomic E-state index is 14.5. The molecule has 0 aliphatic rings. The number of hydrogen-bond donors (Lipinski definition) is 2. The molecule has 0 aliphatic carbocycles. The highest BCUT2D eigenvalue weighted by Gasteiger charge is 2.17. The third-order valence-electron chi connectivity index (χ3n) is 4.58. The number of ether oxygens (including phenoxy) is 1. The second-order valence-corrected chi connectivity index (χ2v) is 6.49. The minimum Gasteiger partial charge on any atom is -0.497 e. The van der Waals surface area contributed by atoms with Crippen molar-refractivity contribution in [2.24, 2.45) is 0 Å². The third kappa shape index (κ3) is 3.80. The molecule has 2 N–H and O–H groups in total. The van der Waals surface area contributed by atoms with Crippen LogP contribution >= 0.6 is 0 Å². The van der Waals surface area contributed by atoms with Crippen molar-refractivity contribution in [2.75, 3.05) is 7.11 Å². The molecule has 5 nitrogen and oxygen atoms in total. The molecule has 4 aromatic rings. The molecule has 1 aromatic heterocycles. The second kappa shape index (κ2) is 7.71. The molecule has 0 saturated heterocycles. The van der Waals surface area contributed by atoms with Crippen molar-refractivity contribution in [2.45, 2.75) is 6.54 Å². The van der Waals surface area contributed by atoms with Crippen molar-refractivity contribution in [1.29, 1.82) is 0 Å². The predicted molar refractivity (Wildman–Crippen MR) is 106 cm³/mol. The van der Waals surface area contributed by atoms with Crippen LogP contribution in [0, 0.1) is 11.6 Å². The van der Waals surface area contributed by atoms with Crippen molar-refractivity contribution in [3.05, 3.63) is 83.4 Å². The number of amides is 1. The minimum atomic E-state index is -0.671. The maximum Gasteiger partial charge on any atom is 0.254 e. The van der Waals surface area contributed by atoms with Gasteiger partial charge in [-0.25, -0.2) is 8.78 Å². The van der Waals surface area contributed by atoms with Crippen molar-refractivity contribution in [3.8, 4) is 17.0 Å². The Morgan fingerprint density at radius 1 is 1.10 bits per heavy atom. The zero-order valence-corrected chi connectivity index (χ0v) is 15.5. The van der Waals surface area contributed by atoms with Gasteiger partial charge in [-0.3, -0.25) is 9.89 Å². The summed E-state index contributed by atoms with van der Waals surface area (Å²) in [6.07, 6.45) is 0. The number of hydrogen-bond acceptors (Lipinski definition) is 3. The molecule has 1 amide bonds. The first kappa shape index (κ1) is 18.6. The van der Waals surface area contributed by atoms with E-state index in [-0.39, 0.29) is 12.1 Å². The number of aromatic amines is 1. The van der Waals surface area contributed by atoms with E-state index in [0.29, 0.717) is 27.9 Å². The van der Waals surface area contributed by atoms with E-state index in [9.17, 15) is 13.6 Å². The van der Waals surface area contributed by atoms with Gasteiger partial charge in [-0.2, -0.15) is 5.10 Å². The molecule has 29 heavy (non-hydrogen) atoms. The van der Waals surface area contributed by atoms with Crippen LogP contribution in [0.25, 0.3) is 22.2 Å². The average Bonchev–Trinajstić information content (AvgIpc) is 3.14. The van der Waals surface area contributed by atoms with Gasteiger partial charge in [0.05, 0.1) is 18.2 Å². The summed E-state index contributed by atoms with van der Waals surface area (Å²) in [5, 5.41) is 10.1. The highest BCUT2D eigenvalue weighted by atomic mass is 19.1. The van der Waals surface area contributed by atoms with Gasteiger partial charge in [-0.15, -0.1) is 0 Å². The Balaban J connectivity index is 1.63. The summed E-state index contributed by atoms with van der Waals surface area (Å²) in [6, 6.07) is 15.8. The Morgan fingerprint density at radius 2 is 1.93 bits per heavy atom. The van der Waals surface area contributed by atoms with Gasteiger partial charge in [0.2, 0.25) is 0 Å². The monoisotopic (exact) mass is 393 g/mol. The molecule has 0 spiro atoms. The van der Waals surface area contributed by atoms with E-state index in [1.807, 2.05) is 12.1 Å². The fourth-order valence-corrected chi connectivity index (χ4v) is 3.13. The molecule has 146 valence electrons. The van der Waals surface area contributed by atoms with E-state index in [1.54, 1.807) is 31.4 Å². The largest absolute Gasteiger partial charge is 0.497 e. The third-order valence-corrected chi connectivity index (χ3v) is 4.58. The Kier molecular flexibility index (Phi) is 4.95. The van der Waals surface area contributed by atoms with Gasteiger partial charge in [0.15, 0.2) is 0 Å². The lowest BCUT2D eigenvalue weighted by atomic mass is 10.0. The Hall–Kier alpha value is -3.74. The van der Waals surface area contributed by atoms with Crippen LogP contribution in [0.1, 0.15) is 15.9 Å². The highest BCUT2D eigenvalue weighted by molar-refractivity contribution is 6.01. The minimum absolute atomic E-state index is 0.112. The molecule has 3 aromatic carbocycles. The molecule has 0 atom stereocenters. The number of halogens is 2. The Morgan fingerprint density at radius 3 is 2.72 bits per heavy atom. The molecule has 0 radical (unpaired) electrons. The van der Waals surface area contributed by atoms with Crippen LogP contribution in [-0.2, 0) is 6.54 Å². The number of carbonyl (C=O) groups excluding carboxylic acids is 1. The summed E-state index contributed by atoms with van der Waals surface area (Å²) in [4.78, 5) is 12.6. The van der Waals surface area contributed by atoms with Gasteiger partial charge in [-0.1, -0.05) is 24.3 Å². The van der Waals surface area contributed by atoms with Crippen LogP contribution in [0.2, 0.25) is 0 Å². The van der Waals surface area contributed by atoms with Crippen molar-refractivity contribution < 1.29 is 18.3 Å². The summed E-state index contributed by atoms with van der Waals surface area (Å²) in [5.41, 5.74) is 2.11. The van der Waals surface area contributed by atoms with Crippen LogP contribution < -0.4 is 10.1 Å². The first-order valence-electron chi connectivity index (χ1n) is 8.90. The van der Waals surface area contributed by atoms with Crippen molar-refractivity contribution in [3.63, 3.8) is 0 Å². The summed E-state index contributed by atoms with van der Waals surface area (Å²) in [6.45, 7) is 0.218. The smallest absolute Gasteiger partial charge is 0.254 e. The standard InChI is InChI=1S/C22H17F2N3O2/c1-29-16-7-2-4-13(8-16)12-25-22(28)17-10-18-20(11-19(17)24)26-27-21(18)14-5-3-6-15(23)9-14/h2-11H,12H2,1H3,(H,25,28)(H,26,27). The quantitative estimate of drug-likeness (QED) is 0.527. The van der Waals surface area contributed by atoms with Gasteiger partial charge in [0, 0.05) is 23.6 Å². The van der Waals surface area contributed by atoms with Crippen LogP contribution in [0.3, 0.4) is 0 Å². The summed E-state index contributed by atoms with van der Waals surface area (Å²) >= 11 is 0. The SMILES string of the molecule is COc1cccc(CNC(=O)c2cc3c(-c4cccc(F)c4)n[nH]c3cc2F)c1. The number of carbonyl (C=O) groups is 1. The number of H-pyrrole nitrogens is 1. The van der Waals surface area contributed by atoms with E-state index < -0.39 is 17.5 Å². The Labute approximate surface area is 165 Å². The number of fused-ring (bicyclic) bond motifs is 1. The number of nitrogens with zero attached hydrogens (tertiary/aromatic N) is 1. The van der Waals surface area contributed by atoms with Crippen molar-refractivity contribution >= 4 is 16.8 Å². The zero-order valence-electron chi connectivity index (χ0n) is 15.5. The molecule has 0 aliphatic heterocycles. The number of benzene rings is 3. The van der Waals surface area contributed by atoms with E-state index in [1.165, 1.54) is 24.3 Å². The molecule has 7 heteroatoms.